The van der Waals surface area contributed by atoms with Crippen LogP contribution in [0.1, 0.15) is 47.0 Å². The first-order chi connectivity index (χ1) is 12.8. The Bertz CT molecular complexity index is 868. The van der Waals surface area contributed by atoms with Gasteiger partial charge in [-0.3, -0.25) is 9.36 Å². The number of hydrogen-bond acceptors (Lipinski definition) is 6. The first kappa shape index (κ1) is 19.7. The Morgan fingerprint density at radius 3 is 2.93 bits per heavy atom. The molecule has 0 spiro atoms. The number of thiophene rings is 1. The van der Waals surface area contributed by atoms with E-state index in [1.165, 1.54) is 11.3 Å². The molecule has 2 aromatic heterocycles. The number of anilines is 1. The van der Waals surface area contributed by atoms with E-state index in [9.17, 15) is 9.59 Å². The van der Waals surface area contributed by atoms with Gasteiger partial charge in [0, 0.05) is 25.7 Å². The molecule has 1 aliphatic heterocycles. The number of hydrogen-bond donors (Lipinski definition) is 1. The third-order valence-corrected chi connectivity index (χ3v) is 5.31. The third kappa shape index (κ3) is 4.61. The molecule has 3 heterocycles. The van der Waals surface area contributed by atoms with Crippen LogP contribution in [0.3, 0.4) is 0 Å². The Kier molecular flexibility index (Phi) is 5.74. The first-order valence-electron chi connectivity index (χ1n) is 9.51. The molecule has 1 unspecified atom stereocenters. The number of carbonyl (C=O) groups excluding carboxylic acids is 1. The highest BCUT2D eigenvalue weighted by atomic mass is 32.1. The monoisotopic (exact) mass is 392 g/mol. The van der Waals surface area contributed by atoms with E-state index in [0.717, 1.165) is 31.3 Å². The Balaban J connectivity index is 1.82. The van der Waals surface area contributed by atoms with Crippen molar-refractivity contribution in [1.29, 1.82) is 0 Å². The Hall–Kier alpha value is -2.09. The molecule has 1 aliphatic rings. The molecule has 0 saturated carbocycles. The third-order valence-electron chi connectivity index (χ3n) is 4.42. The molecular weight excluding hydrogens is 364 g/mol. The van der Waals surface area contributed by atoms with Crippen LogP contribution in [0, 0.1) is 0 Å². The van der Waals surface area contributed by atoms with Crippen LogP contribution in [0.2, 0.25) is 0 Å². The number of nitrogens with zero attached hydrogens (tertiary/aromatic N) is 3. The summed E-state index contributed by atoms with van der Waals surface area (Å²) in [6.45, 7) is 9.67. The minimum atomic E-state index is -0.522. The second-order valence-corrected chi connectivity index (χ2v) is 8.85. The lowest BCUT2D eigenvalue weighted by Crippen LogP contribution is -2.50. The van der Waals surface area contributed by atoms with E-state index in [1.807, 2.05) is 32.2 Å². The maximum absolute atomic E-state index is 12.9. The molecule has 148 valence electrons. The number of amides is 1. The maximum atomic E-state index is 12.9. The number of ether oxygens (including phenoxy) is 1. The predicted molar refractivity (Wildman–Crippen MR) is 109 cm³/mol. The zero-order valence-corrected chi connectivity index (χ0v) is 17.3. The lowest BCUT2D eigenvalue weighted by Gasteiger charge is -2.35. The molecule has 1 amide bonds. The van der Waals surface area contributed by atoms with Crippen LogP contribution in [0.4, 0.5) is 10.7 Å². The van der Waals surface area contributed by atoms with Crippen molar-refractivity contribution in [2.45, 2.75) is 65.1 Å². The van der Waals surface area contributed by atoms with Gasteiger partial charge in [-0.2, -0.15) is 0 Å². The number of carbonyl (C=O) groups is 1. The largest absolute Gasteiger partial charge is 0.444 e. The smallest absolute Gasteiger partial charge is 0.407 e. The standard InChI is InChI=1S/C19H28N4O3S/c1-5-9-23-16(24)15-14(8-11-27-15)21-17(23)22-10-6-7-13(12-22)20-18(25)26-19(2,3)4/h8,11,13H,5-7,9-10,12H2,1-4H3,(H,20,25). The van der Waals surface area contributed by atoms with Crippen LogP contribution in [0.15, 0.2) is 16.2 Å². The van der Waals surface area contributed by atoms with Gasteiger partial charge in [0.25, 0.3) is 5.56 Å². The second-order valence-electron chi connectivity index (χ2n) is 7.93. The van der Waals surface area contributed by atoms with Gasteiger partial charge in [-0.05, 0) is 51.5 Å². The number of nitrogens with one attached hydrogen (secondary N) is 1. The Morgan fingerprint density at radius 2 is 2.22 bits per heavy atom. The number of rotatable bonds is 4. The van der Waals surface area contributed by atoms with E-state index in [2.05, 4.69) is 17.1 Å². The Labute approximate surface area is 163 Å². The van der Waals surface area contributed by atoms with Crippen molar-refractivity contribution in [2.24, 2.45) is 0 Å². The van der Waals surface area contributed by atoms with Gasteiger partial charge in [0.05, 0.1) is 5.52 Å². The van der Waals surface area contributed by atoms with E-state index in [0.29, 0.717) is 23.7 Å². The summed E-state index contributed by atoms with van der Waals surface area (Å²) in [4.78, 5) is 31.9. The van der Waals surface area contributed by atoms with Gasteiger partial charge in [-0.15, -0.1) is 11.3 Å². The second kappa shape index (κ2) is 7.88. The molecule has 8 heteroatoms. The number of fused-ring (bicyclic) bond motifs is 1. The highest BCUT2D eigenvalue weighted by Gasteiger charge is 2.27. The predicted octanol–water partition coefficient (Wildman–Crippen LogP) is 3.36. The average Bonchev–Trinajstić information content (AvgIpc) is 3.04. The molecular formula is C19H28N4O3S. The Morgan fingerprint density at radius 1 is 1.44 bits per heavy atom. The van der Waals surface area contributed by atoms with Gasteiger partial charge in [-0.1, -0.05) is 6.92 Å². The summed E-state index contributed by atoms with van der Waals surface area (Å²) < 4.78 is 7.85. The van der Waals surface area contributed by atoms with Crippen molar-refractivity contribution in [3.63, 3.8) is 0 Å². The van der Waals surface area contributed by atoms with E-state index in [4.69, 9.17) is 9.72 Å². The summed E-state index contributed by atoms with van der Waals surface area (Å²) in [7, 11) is 0. The van der Waals surface area contributed by atoms with Crippen LogP contribution < -0.4 is 15.8 Å². The molecule has 1 fully saturated rings. The van der Waals surface area contributed by atoms with Gasteiger partial charge in [0.15, 0.2) is 0 Å². The molecule has 0 radical (unpaired) electrons. The summed E-state index contributed by atoms with van der Waals surface area (Å²) in [5.74, 6) is 0.698. The fourth-order valence-electron chi connectivity index (χ4n) is 3.35. The van der Waals surface area contributed by atoms with E-state index < -0.39 is 11.7 Å². The SMILES string of the molecule is CCCn1c(N2CCCC(NC(=O)OC(C)(C)C)C2)nc2ccsc2c1=O. The fourth-order valence-corrected chi connectivity index (χ4v) is 4.13. The quantitative estimate of drug-likeness (QED) is 0.863. The van der Waals surface area contributed by atoms with Crippen LogP contribution >= 0.6 is 11.3 Å². The molecule has 1 atom stereocenters. The molecule has 1 saturated heterocycles. The first-order valence-corrected chi connectivity index (χ1v) is 10.4. The van der Waals surface area contributed by atoms with E-state index >= 15 is 0 Å². The van der Waals surface area contributed by atoms with Gasteiger partial charge >= 0.3 is 6.09 Å². The van der Waals surface area contributed by atoms with Crippen LogP contribution in [0.5, 0.6) is 0 Å². The zero-order chi connectivity index (χ0) is 19.6. The van der Waals surface area contributed by atoms with Crippen molar-refractivity contribution in [3.05, 3.63) is 21.8 Å². The van der Waals surface area contributed by atoms with Crippen molar-refractivity contribution < 1.29 is 9.53 Å². The minimum Gasteiger partial charge on any atom is -0.444 e. The van der Waals surface area contributed by atoms with Crippen molar-refractivity contribution in [1.82, 2.24) is 14.9 Å². The number of alkyl carbamates (subject to hydrolysis) is 1. The molecule has 2 aromatic rings. The fraction of sp³-hybridized carbons (Fsp3) is 0.632. The maximum Gasteiger partial charge on any atom is 0.407 e. The summed E-state index contributed by atoms with van der Waals surface area (Å²) in [5.41, 5.74) is 0.245. The molecule has 0 aromatic carbocycles. The zero-order valence-electron chi connectivity index (χ0n) is 16.4. The highest BCUT2D eigenvalue weighted by Crippen LogP contribution is 2.22. The number of aromatic nitrogens is 2. The number of piperidine rings is 1. The lowest BCUT2D eigenvalue weighted by atomic mass is 10.1. The van der Waals surface area contributed by atoms with Crippen LogP contribution in [-0.2, 0) is 11.3 Å². The summed E-state index contributed by atoms with van der Waals surface area (Å²) in [6.07, 6.45) is 2.26. The lowest BCUT2D eigenvalue weighted by molar-refractivity contribution is 0.0499. The van der Waals surface area contributed by atoms with Gasteiger partial charge in [0.2, 0.25) is 5.95 Å². The van der Waals surface area contributed by atoms with Crippen molar-refractivity contribution in [2.75, 3.05) is 18.0 Å². The van der Waals surface area contributed by atoms with Gasteiger partial charge in [0.1, 0.15) is 10.3 Å². The van der Waals surface area contributed by atoms with Crippen molar-refractivity contribution in [3.8, 4) is 0 Å². The van der Waals surface area contributed by atoms with Gasteiger partial charge < -0.3 is 15.0 Å². The van der Waals surface area contributed by atoms with Crippen LogP contribution in [0.25, 0.3) is 10.2 Å². The molecule has 27 heavy (non-hydrogen) atoms. The molecule has 7 nitrogen and oxygen atoms in total. The summed E-state index contributed by atoms with van der Waals surface area (Å²) in [6, 6.07) is 1.86. The molecule has 0 bridgehead atoms. The highest BCUT2D eigenvalue weighted by molar-refractivity contribution is 7.17. The summed E-state index contributed by atoms with van der Waals surface area (Å²) in [5, 5.41) is 4.86. The van der Waals surface area contributed by atoms with Crippen molar-refractivity contribution >= 4 is 33.6 Å². The van der Waals surface area contributed by atoms with Gasteiger partial charge in [-0.25, -0.2) is 9.78 Å². The van der Waals surface area contributed by atoms with Crippen LogP contribution in [-0.4, -0.2) is 40.4 Å². The molecule has 1 N–H and O–H groups in total. The molecule has 3 rings (SSSR count). The summed E-state index contributed by atoms with van der Waals surface area (Å²) >= 11 is 1.44. The average molecular weight is 393 g/mol. The topological polar surface area (TPSA) is 76.5 Å². The van der Waals surface area contributed by atoms with E-state index in [-0.39, 0.29) is 11.6 Å². The minimum absolute atomic E-state index is 0.0223. The molecule has 0 aliphatic carbocycles. The van der Waals surface area contributed by atoms with E-state index in [1.54, 1.807) is 4.57 Å². The normalized spacial score (nSPS) is 17.9.